The summed E-state index contributed by atoms with van der Waals surface area (Å²) in [6, 6.07) is 1.80. The summed E-state index contributed by atoms with van der Waals surface area (Å²) in [5.74, 6) is -1.73. The molecular weight excluding hydrogens is 485 g/mol. The number of benzene rings is 1. The zero-order chi connectivity index (χ0) is 23.5. The van der Waals surface area contributed by atoms with E-state index in [4.69, 9.17) is 5.73 Å². The predicted octanol–water partition coefficient (Wildman–Crippen LogP) is 3.46. The summed E-state index contributed by atoms with van der Waals surface area (Å²) in [5, 5.41) is 6.82. The van der Waals surface area contributed by atoms with Crippen LogP contribution in [0.5, 0.6) is 0 Å². The van der Waals surface area contributed by atoms with E-state index < -0.39 is 33.8 Å². The van der Waals surface area contributed by atoms with Crippen molar-refractivity contribution in [1.82, 2.24) is 19.7 Å². The minimum Gasteiger partial charge on any atom is -0.333 e. The van der Waals surface area contributed by atoms with Crippen LogP contribution in [0.4, 0.5) is 22.0 Å². The van der Waals surface area contributed by atoms with Crippen LogP contribution in [0.2, 0.25) is 0 Å². The lowest BCUT2D eigenvalue weighted by Gasteiger charge is -2.30. The summed E-state index contributed by atoms with van der Waals surface area (Å²) in [5.41, 5.74) is 7.79. The van der Waals surface area contributed by atoms with Gasteiger partial charge in [-0.1, -0.05) is 0 Å². The normalized spacial score (nSPS) is 22.5. The minimum absolute atomic E-state index is 0.0607. The molecule has 1 amide bonds. The third-order valence-electron chi connectivity index (χ3n) is 6.43. The Bertz CT molecular complexity index is 1100. The quantitative estimate of drug-likeness (QED) is 0.644. The van der Waals surface area contributed by atoms with E-state index in [9.17, 15) is 26.7 Å². The number of fused-ring (bicyclic) bond motifs is 3. The van der Waals surface area contributed by atoms with Crippen LogP contribution in [-0.2, 0) is 28.1 Å². The number of nitrogens with two attached hydrogens (primary N) is 1. The lowest BCUT2D eigenvalue weighted by molar-refractivity contribution is -0.148. The molecule has 2 atom stereocenters. The first kappa shape index (κ1) is 22.9. The van der Waals surface area contributed by atoms with Crippen LogP contribution in [0.3, 0.4) is 0 Å². The Balaban J connectivity index is 1.32. The number of nitrogens with zero attached hydrogens (tertiary/aromatic N) is 4. The molecule has 1 aliphatic carbocycles. The van der Waals surface area contributed by atoms with Crippen molar-refractivity contribution in [3.05, 3.63) is 46.5 Å². The van der Waals surface area contributed by atoms with E-state index in [2.05, 4.69) is 10.2 Å². The number of carbonyl (C=O) groups is 1. The molecule has 178 valence electrons. The lowest BCUT2D eigenvalue weighted by atomic mass is 9.91. The second kappa shape index (κ2) is 8.12. The highest BCUT2D eigenvalue weighted by Crippen LogP contribution is 2.63. The van der Waals surface area contributed by atoms with E-state index in [1.807, 2.05) is 0 Å². The summed E-state index contributed by atoms with van der Waals surface area (Å²) >= 11 is 3.37. The fourth-order valence-corrected chi connectivity index (χ4v) is 8.29. The highest BCUT2D eigenvalue weighted by atomic mass is 32.2. The highest BCUT2D eigenvalue weighted by Gasteiger charge is 2.49. The fraction of sp³-hybridized carbons (Fsp3) is 0.550. The van der Waals surface area contributed by atoms with Crippen LogP contribution in [0.25, 0.3) is 0 Å². The molecule has 1 aromatic heterocycles. The van der Waals surface area contributed by atoms with E-state index in [1.54, 1.807) is 23.5 Å². The number of rotatable bonds is 3. The first-order valence-electron chi connectivity index (χ1n) is 10.4. The fourth-order valence-electron chi connectivity index (χ4n) is 4.87. The van der Waals surface area contributed by atoms with E-state index in [0.29, 0.717) is 12.0 Å². The van der Waals surface area contributed by atoms with Crippen molar-refractivity contribution < 1.29 is 26.7 Å². The van der Waals surface area contributed by atoms with Gasteiger partial charge in [0.05, 0.1) is 10.6 Å². The number of alkyl halides is 3. The molecule has 0 bridgehead atoms. The molecule has 2 aromatic rings. The molecule has 3 heterocycles. The largest absolute Gasteiger partial charge is 0.451 e. The van der Waals surface area contributed by atoms with Crippen molar-refractivity contribution in [2.24, 2.45) is 5.73 Å². The zero-order valence-electron chi connectivity index (χ0n) is 17.2. The summed E-state index contributed by atoms with van der Waals surface area (Å²) < 4.78 is 67.8. The molecule has 5 rings (SSSR count). The van der Waals surface area contributed by atoms with Gasteiger partial charge in [-0.3, -0.25) is 4.79 Å². The summed E-state index contributed by atoms with van der Waals surface area (Å²) in [7, 11) is 0. The molecule has 0 saturated carbocycles. The standard InChI is InChI=1S/C20H20F5N5OS2/c21-13-5-10-11(8-19(32-3-4-33-19)12(10)6-14(13)22)15(26)7-17(31)29-1-2-30-16(9-29)27-28-18(30)20(23,24)25/h5-6,11,15H,1-4,7-9,26H2. The second-order valence-electron chi connectivity index (χ2n) is 8.39. The van der Waals surface area contributed by atoms with Gasteiger partial charge in [0.1, 0.15) is 0 Å². The van der Waals surface area contributed by atoms with Gasteiger partial charge in [-0.25, -0.2) is 8.78 Å². The highest BCUT2D eigenvalue weighted by molar-refractivity contribution is 8.20. The Morgan fingerprint density at radius 2 is 1.88 bits per heavy atom. The number of thioether (sulfide) groups is 2. The third-order valence-corrected chi connectivity index (χ3v) is 9.92. The van der Waals surface area contributed by atoms with E-state index in [1.165, 1.54) is 17.0 Å². The molecule has 1 saturated heterocycles. The maximum atomic E-state index is 14.1. The van der Waals surface area contributed by atoms with Crippen LogP contribution in [-0.4, -0.2) is 49.7 Å². The number of carbonyl (C=O) groups excluding carboxylic acids is 1. The third kappa shape index (κ3) is 3.91. The van der Waals surface area contributed by atoms with Gasteiger partial charge in [0.25, 0.3) is 0 Å². The molecule has 6 nitrogen and oxygen atoms in total. The van der Waals surface area contributed by atoms with Crippen LogP contribution >= 0.6 is 23.5 Å². The predicted molar refractivity (Wildman–Crippen MR) is 113 cm³/mol. The van der Waals surface area contributed by atoms with Crippen molar-refractivity contribution in [2.75, 3.05) is 18.1 Å². The lowest BCUT2D eigenvalue weighted by Crippen LogP contribution is -2.42. The van der Waals surface area contributed by atoms with Crippen molar-refractivity contribution in [1.29, 1.82) is 0 Å². The second-order valence-corrected chi connectivity index (χ2v) is 11.4. The average molecular weight is 506 g/mol. The van der Waals surface area contributed by atoms with Gasteiger partial charge < -0.3 is 15.2 Å². The van der Waals surface area contributed by atoms with Crippen molar-refractivity contribution in [3.63, 3.8) is 0 Å². The van der Waals surface area contributed by atoms with Crippen molar-refractivity contribution in [3.8, 4) is 0 Å². The van der Waals surface area contributed by atoms with Crippen LogP contribution in [0.1, 0.15) is 41.5 Å². The van der Waals surface area contributed by atoms with Crippen LogP contribution in [0.15, 0.2) is 12.1 Å². The zero-order valence-corrected chi connectivity index (χ0v) is 18.9. The minimum atomic E-state index is -4.61. The molecular formula is C20H20F5N5OS2. The molecule has 2 aliphatic heterocycles. The number of hydrogen-bond acceptors (Lipinski definition) is 6. The van der Waals surface area contributed by atoms with Crippen LogP contribution < -0.4 is 5.73 Å². The maximum Gasteiger partial charge on any atom is 0.451 e. The molecule has 2 unspecified atom stereocenters. The molecule has 1 aromatic carbocycles. The molecule has 1 fully saturated rings. The van der Waals surface area contributed by atoms with Gasteiger partial charge in [0.15, 0.2) is 17.5 Å². The maximum absolute atomic E-state index is 14.1. The first-order valence-corrected chi connectivity index (χ1v) is 12.4. The van der Waals surface area contributed by atoms with Gasteiger partial charge in [-0.15, -0.1) is 33.7 Å². The van der Waals surface area contributed by atoms with Gasteiger partial charge in [0.2, 0.25) is 11.7 Å². The Kier molecular flexibility index (Phi) is 5.64. The molecule has 3 aliphatic rings. The first-order chi connectivity index (χ1) is 15.6. The summed E-state index contributed by atoms with van der Waals surface area (Å²) in [4.78, 5) is 14.4. The topological polar surface area (TPSA) is 77.0 Å². The smallest absolute Gasteiger partial charge is 0.333 e. The van der Waals surface area contributed by atoms with Gasteiger partial charge in [-0.05, 0) is 29.7 Å². The molecule has 13 heteroatoms. The summed E-state index contributed by atoms with van der Waals surface area (Å²) in [6.07, 6.45) is -4.11. The Hall–Kier alpha value is -1.86. The Morgan fingerprint density at radius 3 is 2.58 bits per heavy atom. The van der Waals surface area contributed by atoms with Crippen LogP contribution in [0, 0.1) is 11.6 Å². The Morgan fingerprint density at radius 1 is 1.18 bits per heavy atom. The molecule has 2 N–H and O–H groups in total. The van der Waals surface area contributed by atoms with Gasteiger partial charge in [-0.2, -0.15) is 13.2 Å². The molecule has 1 spiro atoms. The number of hydrogen-bond donors (Lipinski definition) is 1. The number of amides is 1. The molecule has 33 heavy (non-hydrogen) atoms. The van der Waals surface area contributed by atoms with E-state index in [-0.39, 0.29) is 43.7 Å². The van der Waals surface area contributed by atoms with Gasteiger partial charge >= 0.3 is 6.18 Å². The molecule has 0 radical (unpaired) electrons. The van der Waals surface area contributed by atoms with Crippen molar-refractivity contribution in [2.45, 2.75) is 48.1 Å². The van der Waals surface area contributed by atoms with E-state index >= 15 is 0 Å². The number of aromatic nitrogens is 3. The van der Waals surface area contributed by atoms with Crippen molar-refractivity contribution >= 4 is 29.4 Å². The average Bonchev–Trinajstić information content (AvgIpc) is 3.46. The number of halogens is 5. The van der Waals surface area contributed by atoms with Gasteiger partial charge in [0, 0.05) is 43.0 Å². The Labute approximate surface area is 194 Å². The summed E-state index contributed by atoms with van der Waals surface area (Å²) in [6.45, 7) is -0.0763. The monoisotopic (exact) mass is 505 g/mol. The van der Waals surface area contributed by atoms with E-state index in [0.717, 1.165) is 21.6 Å². The SMILES string of the molecule is NC(CC(=O)N1CCn2c(nnc2C(F)(F)F)C1)C1CC2(SCCS2)c2cc(F)c(F)cc21.